The number of likely N-dealkylation sites (N-methyl/N-ethyl adjacent to an activating group) is 1. The molecule has 28 heavy (non-hydrogen) atoms. The van der Waals surface area contributed by atoms with Crippen molar-refractivity contribution in [1.82, 2.24) is 9.80 Å². The molecule has 1 aromatic carbocycles. The first-order chi connectivity index (χ1) is 13.4. The first kappa shape index (κ1) is 23.3. The van der Waals surface area contributed by atoms with Crippen LogP contribution in [-0.4, -0.2) is 84.3 Å². The van der Waals surface area contributed by atoms with Gasteiger partial charge in [-0.15, -0.1) is 0 Å². The van der Waals surface area contributed by atoms with Crippen molar-refractivity contribution in [1.29, 1.82) is 0 Å². The van der Waals surface area contributed by atoms with Gasteiger partial charge in [0.2, 0.25) is 0 Å². The summed E-state index contributed by atoms with van der Waals surface area (Å²) in [6.07, 6.45) is 2.67. The van der Waals surface area contributed by atoms with Crippen LogP contribution in [0.4, 0.5) is 0 Å². The molecule has 0 bridgehead atoms. The number of hydrogen-bond donors (Lipinski definition) is 2. The second-order valence-corrected chi connectivity index (χ2v) is 6.39. The van der Waals surface area contributed by atoms with E-state index in [-0.39, 0.29) is 5.97 Å². The molecule has 0 saturated carbocycles. The van der Waals surface area contributed by atoms with Gasteiger partial charge in [-0.05, 0) is 32.1 Å². The lowest BCUT2D eigenvalue weighted by Gasteiger charge is -2.19. The van der Waals surface area contributed by atoms with Crippen LogP contribution in [0.25, 0.3) is 0 Å². The van der Waals surface area contributed by atoms with Gasteiger partial charge in [-0.2, -0.15) is 0 Å². The van der Waals surface area contributed by atoms with Crippen LogP contribution in [0.1, 0.15) is 12.0 Å². The SMILES string of the molecule is CN1CCCN(CCOC(=O)Cc2ccccc2)CC1.O=C(O)/C=C\C(=O)O. The Morgan fingerprint density at radius 1 is 1.00 bits per heavy atom. The minimum atomic E-state index is -1.26. The van der Waals surface area contributed by atoms with E-state index in [4.69, 9.17) is 14.9 Å². The van der Waals surface area contributed by atoms with Crippen molar-refractivity contribution in [2.75, 3.05) is 46.4 Å². The molecule has 0 aliphatic carbocycles. The number of carbonyl (C=O) groups is 3. The highest BCUT2D eigenvalue weighted by molar-refractivity contribution is 5.89. The number of rotatable bonds is 7. The molecule has 0 amide bonds. The molecule has 0 spiro atoms. The van der Waals surface area contributed by atoms with E-state index >= 15 is 0 Å². The van der Waals surface area contributed by atoms with E-state index in [9.17, 15) is 14.4 Å². The number of esters is 1. The number of benzene rings is 1. The van der Waals surface area contributed by atoms with Crippen LogP contribution >= 0.6 is 0 Å². The van der Waals surface area contributed by atoms with Crippen LogP contribution in [0.3, 0.4) is 0 Å². The number of carboxylic acid groups (broad SMARTS) is 2. The van der Waals surface area contributed by atoms with Crippen molar-refractivity contribution in [3.05, 3.63) is 48.0 Å². The van der Waals surface area contributed by atoms with Gasteiger partial charge in [0, 0.05) is 31.8 Å². The lowest BCUT2D eigenvalue weighted by atomic mass is 10.2. The Kier molecular flexibility index (Phi) is 11.2. The normalized spacial score (nSPS) is 15.3. The highest BCUT2D eigenvalue weighted by Crippen LogP contribution is 2.03. The zero-order chi connectivity index (χ0) is 20.8. The third-order valence-electron chi connectivity index (χ3n) is 4.04. The summed E-state index contributed by atoms with van der Waals surface area (Å²) < 4.78 is 5.32. The van der Waals surface area contributed by atoms with Crippen LogP contribution in [0, 0.1) is 0 Å². The van der Waals surface area contributed by atoms with Gasteiger partial charge in [0.05, 0.1) is 6.42 Å². The van der Waals surface area contributed by atoms with Crippen LogP contribution in [0.15, 0.2) is 42.5 Å². The summed E-state index contributed by atoms with van der Waals surface area (Å²) in [7, 11) is 2.16. The molecule has 1 aliphatic heterocycles. The Balaban J connectivity index is 0.000000416. The minimum absolute atomic E-state index is 0.136. The minimum Gasteiger partial charge on any atom is -0.478 e. The maximum atomic E-state index is 11.7. The van der Waals surface area contributed by atoms with Crippen molar-refractivity contribution in [2.24, 2.45) is 0 Å². The molecule has 8 nitrogen and oxygen atoms in total. The summed E-state index contributed by atoms with van der Waals surface area (Å²) in [5.74, 6) is -2.65. The van der Waals surface area contributed by atoms with Gasteiger partial charge in [0.1, 0.15) is 6.61 Å². The molecule has 1 heterocycles. The van der Waals surface area contributed by atoms with E-state index in [2.05, 4.69) is 16.8 Å². The number of carboxylic acids is 2. The third-order valence-corrected chi connectivity index (χ3v) is 4.04. The number of hydrogen-bond acceptors (Lipinski definition) is 6. The van der Waals surface area contributed by atoms with Crippen LogP contribution < -0.4 is 0 Å². The fraction of sp³-hybridized carbons (Fsp3) is 0.450. The largest absolute Gasteiger partial charge is 0.478 e. The second kappa shape index (κ2) is 13.5. The van der Waals surface area contributed by atoms with E-state index in [1.54, 1.807) is 0 Å². The molecule has 2 rings (SSSR count). The van der Waals surface area contributed by atoms with E-state index in [0.717, 1.165) is 38.3 Å². The van der Waals surface area contributed by atoms with Crippen molar-refractivity contribution >= 4 is 17.9 Å². The van der Waals surface area contributed by atoms with Gasteiger partial charge in [-0.3, -0.25) is 9.69 Å². The average molecular weight is 392 g/mol. The summed E-state index contributed by atoms with van der Waals surface area (Å²) in [5.41, 5.74) is 1.01. The Bertz CT molecular complexity index is 631. The van der Waals surface area contributed by atoms with Gasteiger partial charge in [0.15, 0.2) is 0 Å². The summed E-state index contributed by atoms with van der Waals surface area (Å²) in [6.45, 7) is 5.75. The number of aliphatic carboxylic acids is 2. The van der Waals surface area contributed by atoms with E-state index in [1.807, 2.05) is 30.3 Å². The average Bonchev–Trinajstić information content (AvgIpc) is 2.86. The molecule has 1 saturated heterocycles. The number of carbonyl (C=O) groups excluding carboxylic acids is 1. The van der Waals surface area contributed by atoms with Crippen LogP contribution in [-0.2, 0) is 25.5 Å². The molecule has 1 aliphatic rings. The maximum Gasteiger partial charge on any atom is 0.328 e. The van der Waals surface area contributed by atoms with E-state index in [0.29, 0.717) is 25.2 Å². The summed E-state index contributed by atoms with van der Waals surface area (Å²) in [4.78, 5) is 35.6. The quantitative estimate of drug-likeness (QED) is 0.525. The predicted molar refractivity (Wildman–Crippen MR) is 104 cm³/mol. The topological polar surface area (TPSA) is 107 Å². The second-order valence-electron chi connectivity index (χ2n) is 6.39. The molecule has 0 radical (unpaired) electrons. The molecule has 2 N–H and O–H groups in total. The molecular formula is C20H28N2O6. The van der Waals surface area contributed by atoms with Crippen LogP contribution in [0.5, 0.6) is 0 Å². The molecule has 154 valence electrons. The van der Waals surface area contributed by atoms with E-state index < -0.39 is 11.9 Å². The lowest BCUT2D eigenvalue weighted by molar-refractivity contribution is -0.143. The molecule has 1 fully saturated rings. The monoisotopic (exact) mass is 392 g/mol. The molecule has 1 aromatic rings. The van der Waals surface area contributed by atoms with Crippen molar-refractivity contribution in [3.8, 4) is 0 Å². The van der Waals surface area contributed by atoms with Crippen LogP contribution in [0.2, 0.25) is 0 Å². The fourth-order valence-corrected chi connectivity index (χ4v) is 2.57. The Morgan fingerprint density at radius 2 is 1.64 bits per heavy atom. The van der Waals surface area contributed by atoms with Crippen molar-refractivity contribution in [2.45, 2.75) is 12.8 Å². The molecule has 0 aromatic heterocycles. The summed E-state index contributed by atoms with van der Waals surface area (Å²) >= 11 is 0. The van der Waals surface area contributed by atoms with Gasteiger partial charge in [-0.1, -0.05) is 30.3 Å². The third kappa shape index (κ3) is 11.8. The highest BCUT2D eigenvalue weighted by Gasteiger charge is 2.12. The van der Waals surface area contributed by atoms with Crippen molar-refractivity contribution < 1.29 is 29.3 Å². The predicted octanol–water partition coefficient (Wildman–Crippen LogP) is 1.12. The molecule has 0 unspecified atom stereocenters. The van der Waals surface area contributed by atoms with Gasteiger partial charge < -0.3 is 19.8 Å². The Labute approximate surface area is 165 Å². The van der Waals surface area contributed by atoms with Gasteiger partial charge >= 0.3 is 17.9 Å². The standard InChI is InChI=1S/C16H24N2O2.C4H4O4/c1-17-8-5-9-18(11-10-17)12-13-20-16(19)14-15-6-3-2-4-7-15;5-3(6)1-2-4(7)8/h2-4,6-7H,5,8-14H2,1H3;1-2H,(H,5,6)(H,7,8)/b;2-1-. The van der Waals surface area contributed by atoms with Crippen molar-refractivity contribution in [3.63, 3.8) is 0 Å². The number of nitrogens with zero attached hydrogens (tertiary/aromatic N) is 2. The summed E-state index contributed by atoms with van der Waals surface area (Å²) in [5, 5.41) is 15.6. The fourth-order valence-electron chi connectivity index (χ4n) is 2.57. The Hall–Kier alpha value is -2.71. The number of ether oxygens (including phenoxy) is 1. The molecule has 8 heteroatoms. The van der Waals surface area contributed by atoms with Gasteiger partial charge in [-0.25, -0.2) is 9.59 Å². The highest BCUT2D eigenvalue weighted by atomic mass is 16.5. The smallest absolute Gasteiger partial charge is 0.328 e. The van der Waals surface area contributed by atoms with E-state index in [1.165, 1.54) is 6.42 Å². The first-order valence-electron chi connectivity index (χ1n) is 9.11. The zero-order valence-corrected chi connectivity index (χ0v) is 16.1. The molecule has 0 atom stereocenters. The maximum absolute atomic E-state index is 11.7. The lowest BCUT2D eigenvalue weighted by Crippen LogP contribution is -2.32. The first-order valence-corrected chi connectivity index (χ1v) is 9.11. The zero-order valence-electron chi connectivity index (χ0n) is 16.1. The van der Waals surface area contributed by atoms with Gasteiger partial charge in [0.25, 0.3) is 0 Å². The summed E-state index contributed by atoms with van der Waals surface area (Å²) in [6, 6.07) is 9.73. The Morgan fingerprint density at radius 3 is 2.25 bits per heavy atom. The molecular weight excluding hydrogens is 364 g/mol.